The van der Waals surface area contributed by atoms with Gasteiger partial charge in [0.25, 0.3) is 0 Å². The molecule has 70 valence electrons. The molecule has 0 bridgehead atoms. The molecule has 1 heterocycles. The molecule has 1 aromatic rings. The van der Waals surface area contributed by atoms with E-state index in [0.717, 1.165) is 12.1 Å². The fraction of sp³-hybridized carbons (Fsp3) is 0.400. The number of hydrogen-bond acceptors (Lipinski definition) is 2. The number of ether oxygens (including phenoxy) is 1. The second-order valence-electron chi connectivity index (χ2n) is 3.08. The van der Waals surface area contributed by atoms with Crippen molar-refractivity contribution in [2.45, 2.75) is 13.0 Å². The number of halogens is 1. The fourth-order valence-electron chi connectivity index (χ4n) is 1.30. The van der Waals surface area contributed by atoms with Crippen LogP contribution >= 0.6 is 0 Å². The lowest BCUT2D eigenvalue weighted by atomic mass is 10.1. The van der Waals surface area contributed by atoms with Gasteiger partial charge in [-0.15, -0.1) is 0 Å². The highest BCUT2D eigenvalue weighted by Gasteiger charge is 2.23. The molecule has 3 heteroatoms. The fourth-order valence-corrected chi connectivity index (χ4v) is 1.30. The van der Waals surface area contributed by atoms with Crippen LogP contribution in [0.2, 0.25) is 0 Å². The van der Waals surface area contributed by atoms with Gasteiger partial charge in [-0.05, 0) is 24.6 Å². The maximum atomic E-state index is 13.3. The Labute approximate surface area is 76.7 Å². The molecule has 2 nitrogen and oxygen atoms in total. The van der Waals surface area contributed by atoms with Gasteiger partial charge in [0.2, 0.25) is 0 Å². The van der Waals surface area contributed by atoms with Crippen molar-refractivity contribution in [2.24, 2.45) is 0 Å². The molecule has 1 N–H and O–H groups in total. The largest absolute Gasteiger partial charge is 0.491 e. The zero-order valence-electron chi connectivity index (χ0n) is 7.51. The molecular formula is C10H12FNO. The SMILES string of the molecule is CCOc1ccc(C2CN2)cc1F. The van der Waals surface area contributed by atoms with Crippen molar-refractivity contribution in [1.29, 1.82) is 0 Å². The molecular weight excluding hydrogens is 169 g/mol. The van der Waals surface area contributed by atoms with E-state index in [1.807, 2.05) is 13.0 Å². The predicted molar refractivity (Wildman–Crippen MR) is 48.3 cm³/mol. The number of benzene rings is 1. The predicted octanol–water partition coefficient (Wildman–Crippen LogP) is 1.87. The standard InChI is InChI=1S/C10H12FNO/c1-2-13-10-4-3-7(5-8(10)11)9-6-12-9/h3-5,9,12H,2,6H2,1H3. The van der Waals surface area contributed by atoms with Crippen LogP contribution in [-0.2, 0) is 0 Å². The molecule has 1 atom stereocenters. The third kappa shape index (κ3) is 1.80. The van der Waals surface area contributed by atoms with E-state index < -0.39 is 0 Å². The topological polar surface area (TPSA) is 31.2 Å². The van der Waals surface area contributed by atoms with E-state index in [2.05, 4.69) is 5.32 Å². The van der Waals surface area contributed by atoms with Crippen LogP contribution in [0.1, 0.15) is 18.5 Å². The summed E-state index contributed by atoms with van der Waals surface area (Å²) < 4.78 is 18.4. The molecule has 0 spiro atoms. The maximum absolute atomic E-state index is 13.3. The second-order valence-corrected chi connectivity index (χ2v) is 3.08. The Bertz CT molecular complexity index is 310. The second kappa shape index (κ2) is 3.34. The first-order valence-corrected chi connectivity index (χ1v) is 4.47. The Morgan fingerprint density at radius 1 is 1.62 bits per heavy atom. The molecule has 13 heavy (non-hydrogen) atoms. The lowest BCUT2D eigenvalue weighted by Gasteiger charge is -2.05. The molecule has 2 rings (SSSR count). The highest BCUT2D eigenvalue weighted by Crippen LogP contribution is 2.26. The molecule has 1 saturated heterocycles. The molecule has 1 fully saturated rings. The highest BCUT2D eigenvalue weighted by atomic mass is 19.1. The number of nitrogens with one attached hydrogen (secondary N) is 1. The van der Waals surface area contributed by atoms with E-state index in [0.29, 0.717) is 18.4 Å². The average molecular weight is 181 g/mol. The smallest absolute Gasteiger partial charge is 0.165 e. The Morgan fingerprint density at radius 3 is 2.92 bits per heavy atom. The minimum Gasteiger partial charge on any atom is -0.491 e. The van der Waals surface area contributed by atoms with Crippen molar-refractivity contribution < 1.29 is 9.13 Å². The Balaban J connectivity index is 2.21. The summed E-state index contributed by atoms with van der Waals surface area (Å²) in [5, 5.41) is 3.12. The molecule has 0 radical (unpaired) electrons. The first-order valence-electron chi connectivity index (χ1n) is 4.47. The third-order valence-electron chi connectivity index (χ3n) is 2.07. The van der Waals surface area contributed by atoms with Crippen molar-refractivity contribution in [2.75, 3.05) is 13.2 Å². The summed E-state index contributed by atoms with van der Waals surface area (Å²) in [7, 11) is 0. The minimum atomic E-state index is -0.270. The van der Waals surface area contributed by atoms with Crippen molar-refractivity contribution >= 4 is 0 Å². The quantitative estimate of drug-likeness (QED) is 0.722. The molecule has 1 aliphatic rings. The van der Waals surface area contributed by atoms with Crippen LogP contribution in [0.3, 0.4) is 0 Å². The summed E-state index contributed by atoms with van der Waals surface area (Å²) >= 11 is 0. The zero-order valence-corrected chi connectivity index (χ0v) is 7.51. The van der Waals surface area contributed by atoms with Gasteiger partial charge in [0, 0.05) is 12.6 Å². The van der Waals surface area contributed by atoms with E-state index in [1.54, 1.807) is 6.07 Å². The summed E-state index contributed by atoms with van der Waals surface area (Å²) in [5.74, 6) is 0.0694. The third-order valence-corrected chi connectivity index (χ3v) is 2.07. The summed E-state index contributed by atoms with van der Waals surface area (Å²) in [6.07, 6.45) is 0. The lowest BCUT2D eigenvalue weighted by molar-refractivity contribution is 0.321. The molecule has 1 aromatic carbocycles. The molecule has 0 amide bonds. The van der Waals surface area contributed by atoms with Gasteiger partial charge < -0.3 is 10.1 Å². The van der Waals surface area contributed by atoms with Gasteiger partial charge in [-0.2, -0.15) is 0 Å². The summed E-state index contributed by atoms with van der Waals surface area (Å²) in [5.41, 5.74) is 1.00. The highest BCUT2D eigenvalue weighted by molar-refractivity contribution is 5.32. The molecule has 1 unspecified atom stereocenters. The van der Waals surface area contributed by atoms with Gasteiger partial charge >= 0.3 is 0 Å². The van der Waals surface area contributed by atoms with Crippen LogP contribution in [0, 0.1) is 5.82 Å². The number of hydrogen-bond donors (Lipinski definition) is 1. The van der Waals surface area contributed by atoms with Crippen LogP contribution in [0.5, 0.6) is 5.75 Å². The van der Waals surface area contributed by atoms with E-state index in [-0.39, 0.29) is 5.82 Å². The maximum Gasteiger partial charge on any atom is 0.165 e. The summed E-state index contributed by atoms with van der Waals surface area (Å²) in [6.45, 7) is 3.29. The summed E-state index contributed by atoms with van der Waals surface area (Å²) in [4.78, 5) is 0. The normalized spacial score (nSPS) is 20.0. The van der Waals surface area contributed by atoms with E-state index in [4.69, 9.17) is 4.74 Å². The van der Waals surface area contributed by atoms with Gasteiger partial charge in [-0.3, -0.25) is 0 Å². The minimum absolute atomic E-state index is 0.270. The lowest BCUT2D eigenvalue weighted by Crippen LogP contribution is -1.95. The first kappa shape index (κ1) is 8.51. The molecule has 0 aliphatic carbocycles. The monoisotopic (exact) mass is 181 g/mol. The van der Waals surface area contributed by atoms with Crippen molar-refractivity contribution in [3.8, 4) is 5.75 Å². The molecule has 0 saturated carbocycles. The van der Waals surface area contributed by atoms with Crippen molar-refractivity contribution in [1.82, 2.24) is 5.32 Å². The Hall–Kier alpha value is -1.09. The van der Waals surface area contributed by atoms with Gasteiger partial charge in [0.05, 0.1) is 6.61 Å². The van der Waals surface area contributed by atoms with Gasteiger partial charge in [0.1, 0.15) is 0 Å². The zero-order chi connectivity index (χ0) is 9.26. The van der Waals surface area contributed by atoms with Crippen LogP contribution in [0.15, 0.2) is 18.2 Å². The van der Waals surface area contributed by atoms with E-state index >= 15 is 0 Å². The van der Waals surface area contributed by atoms with Gasteiger partial charge in [-0.1, -0.05) is 6.07 Å². The average Bonchev–Trinajstić information content (AvgIpc) is 2.91. The van der Waals surface area contributed by atoms with Crippen molar-refractivity contribution in [3.63, 3.8) is 0 Å². The van der Waals surface area contributed by atoms with Gasteiger partial charge in [0.15, 0.2) is 11.6 Å². The molecule has 0 aromatic heterocycles. The summed E-state index contributed by atoms with van der Waals surface area (Å²) in [6, 6.07) is 5.48. The van der Waals surface area contributed by atoms with Crippen LogP contribution < -0.4 is 10.1 Å². The van der Waals surface area contributed by atoms with Crippen LogP contribution in [0.25, 0.3) is 0 Å². The Morgan fingerprint density at radius 2 is 2.38 bits per heavy atom. The van der Waals surface area contributed by atoms with Gasteiger partial charge in [-0.25, -0.2) is 4.39 Å². The number of rotatable bonds is 3. The Kier molecular flexibility index (Phi) is 2.19. The first-order chi connectivity index (χ1) is 6.31. The van der Waals surface area contributed by atoms with Crippen LogP contribution in [-0.4, -0.2) is 13.2 Å². The van der Waals surface area contributed by atoms with Crippen molar-refractivity contribution in [3.05, 3.63) is 29.6 Å². The molecule has 1 aliphatic heterocycles. The van der Waals surface area contributed by atoms with E-state index in [1.165, 1.54) is 6.07 Å². The van der Waals surface area contributed by atoms with E-state index in [9.17, 15) is 4.39 Å². The van der Waals surface area contributed by atoms with Crippen LogP contribution in [0.4, 0.5) is 4.39 Å².